The van der Waals surface area contributed by atoms with E-state index in [1.807, 2.05) is 0 Å². The van der Waals surface area contributed by atoms with E-state index in [-0.39, 0.29) is 84.4 Å². The van der Waals surface area contributed by atoms with Crippen molar-refractivity contribution in [3.63, 3.8) is 0 Å². The van der Waals surface area contributed by atoms with Crippen LogP contribution >= 0.6 is 67.9 Å². The van der Waals surface area contributed by atoms with Crippen molar-refractivity contribution in [3.8, 4) is 0 Å². The molecular formula is H4Br4Ni. The minimum absolute atomic E-state index is 0. The summed E-state index contributed by atoms with van der Waals surface area (Å²) in [5.41, 5.74) is 0. The normalized spacial score (nSPS) is 0. The maximum Gasteiger partial charge on any atom is 0 e. The Morgan fingerprint density at radius 1 is 0.400 bits per heavy atom. The van der Waals surface area contributed by atoms with Crippen molar-refractivity contribution < 1.29 is 16.5 Å². The fraction of sp³-hybridized carbons (Fsp3) is 0. The maximum atomic E-state index is 0. The van der Waals surface area contributed by atoms with Crippen LogP contribution in [-0.2, 0) is 16.5 Å². The minimum Gasteiger partial charge on any atom is -0.114 e. The number of hydrogen-bond donors (Lipinski definition) is 0. The van der Waals surface area contributed by atoms with Crippen LogP contribution in [0.15, 0.2) is 0 Å². The average molecular weight is 382 g/mol. The van der Waals surface area contributed by atoms with E-state index in [9.17, 15) is 0 Å². The summed E-state index contributed by atoms with van der Waals surface area (Å²) in [5, 5.41) is 0. The molecule has 0 rings (SSSR count). The minimum atomic E-state index is 0. The monoisotopic (exact) mass is 378 g/mol. The van der Waals surface area contributed by atoms with Crippen molar-refractivity contribution in [2.24, 2.45) is 0 Å². The van der Waals surface area contributed by atoms with Gasteiger partial charge in [0.25, 0.3) is 0 Å². The third kappa shape index (κ3) is 21.4. The molecule has 0 aliphatic carbocycles. The van der Waals surface area contributed by atoms with E-state index in [4.69, 9.17) is 0 Å². The summed E-state index contributed by atoms with van der Waals surface area (Å²) in [4.78, 5) is 0. The summed E-state index contributed by atoms with van der Waals surface area (Å²) in [6, 6.07) is 0. The van der Waals surface area contributed by atoms with Gasteiger partial charge < -0.3 is 0 Å². The number of halogens is 4. The van der Waals surface area contributed by atoms with Gasteiger partial charge in [-0.2, -0.15) is 0 Å². The van der Waals surface area contributed by atoms with Gasteiger partial charge in [0, 0.05) is 16.5 Å². The summed E-state index contributed by atoms with van der Waals surface area (Å²) in [5.74, 6) is 0. The molecule has 0 unspecified atom stereocenters. The van der Waals surface area contributed by atoms with E-state index < -0.39 is 0 Å². The van der Waals surface area contributed by atoms with E-state index in [1.54, 1.807) is 0 Å². The standard InChI is InChI=1S/4BrH.Ni/h4*1H;. The Bertz CT molecular complexity index is 3.61. The first-order valence-electron chi connectivity index (χ1n) is 0. The molecule has 0 N–H and O–H groups in total. The van der Waals surface area contributed by atoms with Gasteiger partial charge in [-0.15, -0.1) is 67.9 Å². The predicted molar refractivity (Wildman–Crippen MR) is 41.3 cm³/mol. The molecule has 5 heteroatoms. The Balaban J connectivity index is 0. The average Bonchev–Trinajstić information content (AvgIpc) is 0. The quantitative estimate of drug-likeness (QED) is 0.564. The topological polar surface area (TPSA) is 0 Å². The Hall–Kier alpha value is 2.41. The van der Waals surface area contributed by atoms with Crippen LogP contribution in [0.1, 0.15) is 0 Å². The van der Waals surface area contributed by atoms with Gasteiger partial charge >= 0.3 is 0 Å². The van der Waals surface area contributed by atoms with Crippen LogP contribution in [0.5, 0.6) is 0 Å². The summed E-state index contributed by atoms with van der Waals surface area (Å²) >= 11 is 0. The number of rotatable bonds is 0. The van der Waals surface area contributed by atoms with Crippen molar-refractivity contribution in [1.82, 2.24) is 0 Å². The molecule has 0 aromatic rings. The van der Waals surface area contributed by atoms with E-state index in [0.29, 0.717) is 0 Å². The summed E-state index contributed by atoms with van der Waals surface area (Å²) in [6.45, 7) is 0. The molecular weight excluding hydrogens is 378 g/mol. The third-order valence-electron chi connectivity index (χ3n) is 0. The smallest absolute Gasteiger partial charge is 0 e. The summed E-state index contributed by atoms with van der Waals surface area (Å²) in [6.07, 6.45) is 0. The molecule has 0 nitrogen and oxygen atoms in total. The van der Waals surface area contributed by atoms with Crippen molar-refractivity contribution in [2.75, 3.05) is 0 Å². The molecule has 0 spiro atoms. The first-order chi connectivity index (χ1) is 0. The zero-order valence-corrected chi connectivity index (χ0v) is 9.79. The van der Waals surface area contributed by atoms with E-state index >= 15 is 0 Å². The van der Waals surface area contributed by atoms with Crippen molar-refractivity contribution in [3.05, 3.63) is 0 Å². The molecule has 0 aliphatic rings. The molecule has 0 saturated carbocycles. The second kappa shape index (κ2) is 32.3. The fourth-order valence-electron chi connectivity index (χ4n) is 0. The van der Waals surface area contributed by atoms with Gasteiger partial charge in [-0.1, -0.05) is 0 Å². The van der Waals surface area contributed by atoms with Crippen LogP contribution in [-0.4, -0.2) is 0 Å². The van der Waals surface area contributed by atoms with Crippen LogP contribution in [0.3, 0.4) is 0 Å². The molecule has 0 atom stereocenters. The van der Waals surface area contributed by atoms with E-state index in [0.717, 1.165) is 0 Å². The molecule has 0 bridgehead atoms. The van der Waals surface area contributed by atoms with Crippen LogP contribution in [0.25, 0.3) is 0 Å². The van der Waals surface area contributed by atoms with Crippen LogP contribution in [0, 0.1) is 0 Å². The van der Waals surface area contributed by atoms with Crippen LogP contribution in [0.2, 0.25) is 0 Å². The molecule has 0 aromatic heterocycles. The molecule has 0 amide bonds. The second-order valence-corrected chi connectivity index (χ2v) is 0. The SMILES string of the molecule is Br.Br.Br.Br.[Ni]. The molecule has 5 heavy (non-hydrogen) atoms. The zero-order valence-electron chi connectivity index (χ0n) is 1.95. The molecule has 0 radical (unpaired) electrons. The maximum absolute atomic E-state index is 0. The summed E-state index contributed by atoms with van der Waals surface area (Å²) in [7, 11) is 0. The first-order valence-corrected chi connectivity index (χ1v) is 0. The molecule has 42 valence electrons. The molecule has 0 saturated heterocycles. The van der Waals surface area contributed by atoms with E-state index in [2.05, 4.69) is 0 Å². The van der Waals surface area contributed by atoms with Gasteiger partial charge in [-0.05, 0) is 0 Å². The van der Waals surface area contributed by atoms with E-state index in [1.165, 1.54) is 0 Å². The largest absolute Gasteiger partial charge is 0.114 e. The van der Waals surface area contributed by atoms with Gasteiger partial charge in [0.2, 0.25) is 0 Å². The van der Waals surface area contributed by atoms with Gasteiger partial charge in [0.1, 0.15) is 0 Å². The Morgan fingerprint density at radius 3 is 0.400 bits per heavy atom. The molecule has 0 aliphatic heterocycles. The molecule has 0 fully saturated rings. The van der Waals surface area contributed by atoms with Crippen molar-refractivity contribution >= 4 is 67.9 Å². The molecule has 0 aromatic carbocycles. The summed E-state index contributed by atoms with van der Waals surface area (Å²) < 4.78 is 0. The van der Waals surface area contributed by atoms with Crippen LogP contribution < -0.4 is 0 Å². The second-order valence-electron chi connectivity index (χ2n) is 0. The Morgan fingerprint density at radius 2 is 0.400 bits per heavy atom. The fourth-order valence-corrected chi connectivity index (χ4v) is 0. The van der Waals surface area contributed by atoms with Crippen molar-refractivity contribution in [2.45, 2.75) is 0 Å². The van der Waals surface area contributed by atoms with Gasteiger partial charge in [-0.3, -0.25) is 0 Å². The zero-order chi connectivity index (χ0) is 0. The third-order valence-corrected chi connectivity index (χ3v) is 0. The Kier molecular flexibility index (Phi) is 338. The van der Waals surface area contributed by atoms with Crippen molar-refractivity contribution in [1.29, 1.82) is 0 Å². The van der Waals surface area contributed by atoms with Gasteiger partial charge in [-0.25, -0.2) is 0 Å². The molecule has 0 heterocycles. The predicted octanol–water partition coefficient (Wildman–Crippen LogP) is 2.31. The van der Waals surface area contributed by atoms with Crippen LogP contribution in [0.4, 0.5) is 0 Å². The first kappa shape index (κ1) is 52.4. The Labute approximate surface area is 83.5 Å². The number of hydrogen-bond acceptors (Lipinski definition) is 0. The van der Waals surface area contributed by atoms with Gasteiger partial charge in [0.05, 0.1) is 0 Å². The van der Waals surface area contributed by atoms with Gasteiger partial charge in [0.15, 0.2) is 0 Å².